The highest BCUT2D eigenvalue weighted by Gasteiger charge is 2.21. The van der Waals surface area contributed by atoms with Gasteiger partial charge in [0.2, 0.25) is 0 Å². The van der Waals surface area contributed by atoms with Crippen LogP contribution in [0.25, 0.3) is 0 Å². The lowest BCUT2D eigenvalue weighted by atomic mass is 10.00. The van der Waals surface area contributed by atoms with Crippen LogP contribution in [-0.4, -0.2) is 25.7 Å². The van der Waals surface area contributed by atoms with E-state index in [0.29, 0.717) is 6.04 Å². The van der Waals surface area contributed by atoms with Crippen LogP contribution in [0.2, 0.25) is 0 Å². The van der Waals surface area contributed by atoms with Gasteiger partial charge in [0.1, 0.15) is 12.6 Å². The largest absolute Gasteiger partial charge is 0.350 e. The van der Waals surface area contributed by atoms with Gasteiger partial charge in [-0.15, -0.1) is 0 Å². The first kappa shape index (κ1) is 10.0. The molecule has 1 rings (SSSR count). The molecule has 1 fully saturated rings. The molecule has 0 aromatic carbocycles. The molecule has 0 saturated carbocycles. The maximum atomic E-state index is 4.15. The number of likely N-dealkylation sites (tertiary alicyclic amines) is 1. The Hall–Kier alpha value is -0.0800. The Labute approximate surface area is 76.1 Å². The molecule has 1 unspecified atom stereocenters. The summed E-state index contributed by atoms with van der Waals surface area (Å²) in [5.74, 6) is 0.942. The minimum Gasteiger partial charge on any atom is -0.350 e. The van der Waals surface area contributed by atoms with Crippen LogP contribution in [0.3, 0.4) is 0 Å². The average molecular weight is 172 g/mol. The van der Waals surface area contributed by atoms with Gasteiger partial charge in [-0.25, -0.2) is 0 Å². The smallest absolute Gasteiger partial charge is 0.134 e. The predicted octanol–water partition coefficient (Wildman–Crippen LogP) is -0.678. The molecule has 0 radical (unpaired) electrons. The summed E-state index contributed by atoms with van der Waals surface area (Å²) in [7, 11) is 0. The van der Waals surface area contributed by atoms with E-state index in [-0.39, 0.29) is 0 Å². The van der Waals surface area contributed by atoms with Crippen molar-refractivity contribution in [3.63, 3.8) is 0 Å². The fourth-order valence-electron chi connectivity index (χ4n) is 2.14. The minimum atomic E-state index is 0.672. The van der Waals surface area contributed by atoms with Gasteiger partial charge in [0.05, 0.1) is 13.1 Å². The summed E-state index contributed by atoms with van der Waals surface area (Å²) in [6, 6.07) is 0.672. The molecule has 72 valence electrons. The molecule has 1 aliphatic heterocycles. The molecule has 0 spiro atoms. The van der Waals surface area contributed by atoms with E-state index in [1.165, 1.54) is 38.9 Å². The molecule has 2 heteroatoms. The van der Waals surface area contributed by atoms with Crippen LogP contribution in [0.5, 0.6) is 0 Å². The van der Waals surface area contributed by atoms with Gasteiger partial charge in [0.25, 0.3) is 0 Å². The van der Waals surface area contributed by atoms with Crippen LogP contribution >= 0.6 is 0 Å². The second kappa shape index (κ2) is 4.83. The van der Waals surface area contributed by atoms with E-state index in [0.717, 1.165) is 5.92 Å². The first-order valence-corrected chi connectivity index (χ1v) is 5.39. The third-order valence-electron chi connectivity index (χ3n) is 3.02. The van der Waals surface area contributed by atoms with Crippen LogP contribution in [0, 0.1) is 5.92 Å². The predicted molar refractivity (Wildman–Crippen MR) is 50.9 cm³/mol. The second-order valence-electron chi connectivity index (χ2n) is 4.43. The normalized spacial score (nSPS) is 33.2. The fraction of sp³-hybridized carbons (Fsp3) is 1.00. The third kappa shape index (κ3) is 3.11. The molecule has 3 atom stereocenters. The summed E-state index contributed by atoms with van der Waals surface area (Å²) >= 11 is 0. The Morgan fingerprint density at radius 3 is 2.92 bits per heavy atom. The van der Waals surface area contributed by atoms with E-state index in [4.69, 9.17) is 0 Å². The SMILES string of the molecule is CC[C@@H]([NH3+])C[NH+]1CCC[C@H](C)C1. The number of hydrogen-bond acceptors (Lipinski definition) is 0. The maximum absolute atomic E-state index is 4.15. The highest BCUT2D eigenvalue weighted by Crippen LogP contribution is 2.04. The maximum Gasteiger partial charge on any atom is 0.134 e. The minimum absolute atomic E-state index is 0.672. The molecule has 2 nitrogen and oxygen atoms in total. The Bertz CT molecular complexity index is 125. The van der Waals surface area contributed by atoms with Gasteiger partial charge in [-0.05, 0) is 12.8 Å². The fourth-order valence-corrected chi connectivity index (χ4v) is 2.14. The molecular weight excluding hydrogens is 148 g/mol. The van der Waals surface area contributed by atoms with Crippen molar-refractivity contribution >= 4 is 0 Å². The summed E-state index contributed by atoms with van der Waals surface area (Å²) < 4.78 is 0. The van der Waals surface area contributed by atoms with Crippen LogP contribution in [0.15, 0.2) is 0 Å². The molecule has 1 aliphatic rings. The van der Waals surface area contributed by atoms with Crippen molar-refractivity contribution in [3.8, 4) is 0 Å². The number of quaternary nitrogens is 2. The Balaban J connectivity index is 2.22. The standard InChI is InChI=1S/C10H22N2/c1-3-10(11)8-12-6-4-5-9(2)7-12/h9-10H,3-8,11H2,1-2H3/p+2/t9-,10+/m0/s1. The lowest BCUT2D eigenvalue weighted by Gasteiger charge is -2.28. The lowest BCUT2D eigenvalue weighted by Crippen LogP contribution is -3.15. The van der Waals surface area contributed by atoms with Crippen LogP contribution in [0.4, 0.5) is 0 Å². The summed E-state index contributed by atoms with van der Waals surface area (Å²) in [5.41, 5.74) is 4.15. The molecule has 0 bridgehead atoms. The van der Waals surface area contributed by atoms with E-state index >= 15 is 0 Å². The first-order valence-electron chi connectivity index (χ1n) is 5.39. The summed E-state index contributed by atoms with van der Waals surface area (Å²) in [6.45, 7) is 8.68. The number of piperidine rings is 1. The van der Waals surface area contributed by atoms with E-state index in [9.17, 15) is 0 Å². The van der Waals surface area contributed by atoms with Crippen molar-refractivity contribution in [1.82, 2.24) is 0 Å². The topological polar surface area (TPSA) is 32.1 Å². The lowest BCUT2D eigenvalue weighted by molar-refractivity contribution is -0.917. The van der Waals surface area contributed by atoms with Gasteiger partial charge in [-0.2, -0.15) is 0 Å². The zero-order valence-corrected chi connectivity index (χ0v) is 8.60. The molecule has 1 saturated heterocycles. The molecule has 12 heavy (non-hydrogen) atoms. The zero-order chi connectivity index (χ0) is 8.97. The molecule has 0 aliphatic carbocycles. The highest BCUT2D eigenvalue weighted by molar-refractivity contribution is 4.56. The highest BCUT2D eigenvalue weighted by atomic mass is 15.1. The molecular formula is C10H24N2+2. The Morgan fingerprint density at radius 1 is 1.58 bits per heavy atom. The third-order valence-corrected chi connectivity index (χ3v) is 3.02. The van der Waals surface area contributed by atoms with Crippen molar-refractivity contribution in [3.05, 3.63) is 0 Å². The number of nitrogens with one attached hydrogen (secondary N) is 1. The van der Waals surface area contributed by atoms with Crippen LogP contribution in [-0.2, 0) is 0 Å². The van der Waals surface area contributed by atoms with Gasteiger partial charge < -0.3 is 10.6 Å². The van der Waals surface area contributed by atoms with E-state index in [2.05, 4.69) is 19.6 Å². The average Bonchev–Trinajstić information content (AvgIpc) is 2.04. The zero-order valence-electron chi connectivity index (χ0n) is 8.60. The first-order chi connectivity index (χ1) is 5.72. The number of rotatable bonds is 3. The van der Waals surface area contributed by atoms with Gasteiger partial charge >= 0.3 is 0 Å². The van der Waals surface area contributed by atoms with Crippen molar-refractivity contribution < 1.29 is 10.6 Å². The van der Waals surface area contributed by atoms with E-state index < -0.39 is 0 Å². The van der Waals surface area contributed by atoms with E-state index in [1.807, 2.05) is 0 Å². The summed E-state index contributed by atoms with van der Waals surface area (Å²) in [4.78, 5) is 1.79. The van der Waals surface area contributed by atoms with Gasteiger partial charge in [0, 0.05) is 12.3 Å². The molecule has 1 heterocycles. The molecule has 0 aromatic heterocycles. The van der Waals surface area contributed by atoms with Crippen molar-refractivity contribution in [2.24, 2.45) is 5.92 Å². The molecule has 0 aromatic rings. The number of hydrogen-bond donors (Lipinski definition) is 2. The van der Waals surface area contributed by atoms with Gasteiger partial charge in [-0.3, -0.25) is 0 Å². The Kier molecular flexibility index (Phi) is 4.02. The summed E-state index contributed by atoms with van der Waals surface area (Å²) in [5, 5.41) is 0. The van der Waals surface area contributed by atoms with Gasteiger partial charge in [0.15, 0.2) is 0 Å². The molecule has 4 N–H and O–H groups in total. The van der Waals surface area contributed by atoms with Gasteiger partial charge in [-0.1, -0.05) is 13.8 Å². The van der Waals surface area contributed by atoms with Crippen molar-refractivity contribution in [2.45, 2.75) is 39.2 Å². The van der Waals surface area contributed by atoms with Crippen LogP contribution < -0.4 is 10.6 Å². The second-order valence-corrected chi connectivity index (χ2v) is 4.43. The monoisotopic (exact) mass is 172 g/mol. The van der Waals surface area contributed by atoms with Crippen molar-refractivity contribution in [1.29, 1.82) is 0 Å². The van der Waals surface area contributed by atoms with Crippen molar-refractivity contribution in [2.75, 3.05) is 19.6 Å². The summed E-state index contributed by atoms with van der Waals surface area (Å²) in [6.07, 6.45) is 4.10. The quantitative estimate of drug-likeness (QED) is 0.565. The molecule has 0 amide bonds. The Morgan fingerprint density at radius 2 is 2.33 bits per heavy atom. The van der Waals surface area contributed by atoms with Crippen LogP contribution in [0.1, 0.15) is 33.1 Å². The van der Waals surface area contributed by atoms with E-state index in [1.54, 1.807) is 4.90 Å².